The number of aromatic nitrogens is 1. The summed E-state index contributed by atoms with van der Waals surface area (Å²) in [5.41, 5.74) is 0.921. The second-order valence-electron chi connectivity index (χ2n) is 5.19. The number of nitrogens with zero attached hydrogens (tertiary/aromatic N) is 2. The molecule has 18 heavy (non-hydrogen) atoms. The molecule has 0 aliphatic rings. The van der Waals surface area contributed by atoms with E-state index in [1.165, 1.54) is 0 Å². The van der Waals surface area contributed by atoms with Crippen LogP contribution in [-0.2, 0) is 0 Å². The maximum absolute atomic E-state index is 9.86. The molecule has 4 heteroatoms. The van der Waals surface area contributed by atoms with Crippen molar-refractivity contribution in [2.75, 3.05) is 18.0 Å². The molecule has 0 aliphatic heterocycles. The number of anilines is 1. The zero-order valence-electron chi connectivity index (χ0n) is 11.7. The fourth-order valence-corrected chi connectivity index (χ4v) is 1.84. The lowest BCUT2D eigenvalue weighted by atomic mass is 10.1. The maximum Gasteiger partial charge on any atom is 0.0957 e. The van der Waals surface area contributed by atoms with Gasteiger partial charge in [-0.05, 0) is 39.3 Å². The molecule has 0 saturated carbocycles. The predicted molar refractivity (Wildman–Crippen MR) is 73.7 cm³/mol. The first kappa shape index (κ1) is 14.9. The molecule has 0 aromatic carbocycles. The van der Waals surface area contributed by atoms with E-state index in [9.17, 15) is 10.2 Å². The highest BCUT2D eigenvalue weighted by Gasteiger charge is 2.18. The van der Waals surface area contributed by atoms with Crippen LogP contribution >= 0.6 is 0 Å². The van der Waals surface area contributed by atoms with Gasteiger partial charge in [0.2, 0.25) is 0 Å². The Kier molecular flexibility index (Phi) is 5.11. The van der Waals surface area contributed by atoms with Crippen LogP contribution in [0, 0.1) is 0 Å². The fourth-order valence-electron chi connectivity index (χ4n) is 1.84. The Morgan fingerprint density at radius 1 is 1.33 bits per heavy atom. The smallest absolute Gasteiger partial charge is 0.0957 e. The van der Waals surface area contributed by atoms with E-state index < -0.39 is 11.7 Å². The molecular weight excluding hydrogens is 228 g/mol. The largest absolute Gasteiger partial charge is 0.389 e. The van der Waals surface area contributed by atoms with E-state index in [1.54, 1.807) is 20.0 Å². The minimum absolute atomic E-state index is 0.497. The van der Waals surface area contributed by atoms with Gasteiger partial charge in [-0.3, -0.25) is 4.98 Å². The Morgan fingerprint density at radius 3 is 2.39 bits per heavy atom. The number of pyridine rings is 1. The number of hydrogen-bond donors (Lipinski definition) is 2. The average Bonchev–Trinajstić information content (AvgIpc) is 2.34. The Balaban J connectivity index is 2.82. The van der Waals surface area contributed by atoms with Crippen molar-refractivity contribution in [3.05, 3.63) is 24.0 Å². The summed E-state index contributed by atoms with van der Waals surface area (Å²) in [6.45, 7) is 8.91. The topological polar surface area (TPSA) is 56.6 Å². The summed E-state index contributed by atoms with van der Waals surface area (Å²) in [5.74, 6) is 0. The molecule has 0 fully saturated rings. The Labute approximate surface area is 109 Å². The molecule has 102 valence electrons. The van der Waals surface area contributed by atoms with E-state index in [4.69, 9.17) is 0 Å². The minimum Gasteiger partial charge on any atom is -0.389 e. The lowest BCUT2D eigenvalue weighted by Crippen LogP contribution is -2.38. The highest BCUT2D eigenvalue weighted by molar-refractivity contribution is 5.45. The predicted octanol–water partition coefficient (Wildman–Crippen LogP) is 2.12. The molecule has 0 radical (unpaired) electrons. The van der Waals surface area contributed by atoms with Gasteiger partial charge in [-0.15, -0.1) is 0 Å². The van der Waals surface area contributed by atoms with Crippen LogP contribution in [0.25, 0.3) is 0 Å². The van der Waals surface area contributed by atoms with Gasteiger partial charge in [0.15, 0.2) is 0 Å². The number of aliphatic hydroxyl groups excluding tert-OH is 1. The second-order valence-corrected chi connectivity index (χ2v) is 5.19. The first-order valence-electron chi connectivity index (χ1n) is 6.48. The summed E-state index contributed by atoms with van der Waals surface area (Å²) in [5, 5.41) is 19.5. The third-order valence-electron chi connectivity index (χ3n) is 2.82. The molecule has 1 unspecified atom stereocenters. The molecule has 1 aromatic rings. The van der Waals surface area contributed by atoms with Gasteiger partial charge < -0.3 is 15.1 Å². The van der Waals surface area contributed by atoms with Crippen molar-refractivity contribution in [3.8, 4) is 0 Å². The van der Waals surface area contributed by atoms with Gasteiger partial charge in [0.1, 0.15) is 0 Å². The first-order chi connectivity index (χ1) is 8.37. The molecule has 1 atom stereocenters. The zero-order chi connectivity index (χ0) is 13.8. The van der Waals surface area contributed by atoms with Crippen LogP contribution < -0.4 is 4.90 Å². The second kappa shape index (κ2) is 6.16. The van der Waals surface area contributed by atoms with Crippen molar-refractivity contribution in [3.63, 3.8) is 0 Å². The molecule has 4 nitrogen and oxygen atoms in total. The lowest BCUT2D eigenvalue weighted by molar-refractivity contribution is 0.0875. The van der Waals surface area contributed by atoms with Crippen LogP contribution in [0.2, 0.25) is 0 Å². The van der Waals surface area contributed by atoms with Crippen molar-refractivity contribution in [2.24, 2.45) is 0 Å². The van der Waals surface area contributed by atoms with Crippen molar-refractivity contribution < 1.29 is 10.2 Å². The molecule has 0 aliphatic carbocycles. The summed E-state index contributed by atoms with van der Waals surface area (Å²) >= 11 is 0. The van der Waals surface area contributed by atoms with Crippen molar-refractivity contribution >= 4 is 5.69 Å². The molecule has 2 N–H and O–H groups in total. The molecule has 0 saturated heterocycles. The summed E-state index contributed by atoms with van der Waals surface area (Å²) in [4.78, 5) is 6.34. The maximum atomic E-state index is 9.86. The minimum atomic E-state index is -0.738. The van der Waals surface area contributed by atoms with E-state index >= 15 is 0 Å². The van der Waals surface area contributed by atoms with Gasteiger partial charge in [0.05, 0.1) is 29.3 Å². The zero-order valence-corrected chi connectivity index (χ0v) is 11.7. The number of aliphatic hydroxyl groups is 2. The van der Waals surface area contributed by atoms with Crippen LogP contribution in [0.3, 0.4) is 0 Å². The monoisotopic (exact) mass is 252 g/mol. The summed E-state index contributed by atoms with van der Waals surface area (Å²) < 4.78 is 0. The van der Waals surface area contributed by atoms with Crippen LogP contribution in [0.1, 0.15) is 45.9 Å². The SMILES string of the molecule is CCC(O)c1ccc(N(CC)CC(C)(C)O)cn1. The van der Waals surface area contributed by atoms with E-state index in [1.807, 2.05) is 26.0 Å². The highest BCUT2D eigenvalue weighted by atomic mass is 16.3. The van der Waals surface area contributed by atoms with Crippen LogP contribution in [0.5, 0.6) is 0 Å². The molecule has 1 heterocycles. The quantitative estimate of drug-likeness (QED) is 0.814. The summed E-state index contributed by atoms with van der Waals surface area (Å²) in [6.07, 6.45) is 1.92. The van der Waals surface area contributed by atoms with Crippen LogP contribution in [0.15, 0.2) is 18.3 Å². The van der Waals surface area contributed by atoms with Crippen molar-refractivity contribution in [1.82, 2.24) is 4.98 Å². The number of rotatable bonds is 6. The van der Waals surface area contributed by atoms with Gasteiger partial charge in [0, 0.05) is 13.1 Å². The number of likely N-dealkylation sites (N-methyl/N-ethyl adjacent to an activating group) is 1. The molecule has 1 aromatic heterocycles. The van der Waals surface area contributed by atoms with Gasteiger partial charge in [0.25, 0.3) is 0 Å². The Morgan fingerprint density at radius 2 is 2.00 bits per heavy atom. The van der Waals surface area contributed by atoms with Crippen LogP contribution in [-0.4, -0.2) is 33.9 Å². The highest BCUT2D eigenvalue weighted by Crippen LogP contribution is 2.19. The Hall–Kier alpha value is -1.13. The van der Waals surface area contributed by atoms with E-state index in [0.717, 1.165) is 12.2 Å². The fraction of sp³-hybridized carbons (Fsp3) is 0.643. The van der Waals surface area contributed by atoms with Crippen LogP contribution in [0.4, 0.5) is 5.69 Å². The van der Waals surface area contributed by atoms with Crippen molar-refractivity contribution in [1.29, 1.82) is 0 Å². The Bertz CT molecular complexity index is 357. The lowest BCUT2D eigenvalue weighted by Gasteiger charge is -2.29. The molecule has 0 bridgehead atoms. The number of hydrogen-bond acceptors (Lipinski definition) is 4. The van der Waals surface area contributed by atoms with E-state index in [-0.39, 0.29) is 0 Å². The molecule has 0 spiro atoms. The normalized spacial score (nSPS) is 13.4. The average molecular weight is 252 g/mol. The van der Waals surface area contributed by atoms with Gasteiger partial charge in [-0.25, -0.2) is 0 Å². The van der Waals surface area contributed by atoms with Gasteiger partial charge >= 0.3 is 0 Å². The summed E-state index contributed by atoms with van der Waals surface area (Å²) in [6, 6.07) is 3.78. The standard InChI is InChI=1S/C14H24N2O2/c1-5-13(17)12-8-7-11(9-15-12)16(6-2)10-14(3,4)18/h7-9,13,17-18H,5-6,10H2,1-4H3. The molecule has 0 amide bonds. The molecular formula is C14H24N2O2. The summed E-state index contributed by atoms with van der Waals surface area (Å²) in [7, 11) is 0. The van der Waals surface area contributed by atoms with Gasteiger partial charge in [-0.1, -0.05) is 6.92 Å². The third-order valence-corrected chi connectivity index (χ3v) is 2.82. The van der Waals surface area contributed by atoms with E-state index in [2.05, 4.69) is 9.88 Å². The molecule has 1 rings (SSSR count). The van der Waals surface area contributed by atoms with E-state index in [0.29, 0.717) is 18.7 Å². The van der Waals surface area contributed by atoms with Crippen molar-refractivity contribution in [2.45, 2.75) is 45.8 Å². The van der Waals surface area contributed by atoms with Gasteiger partial charge in [-0.2, -0.15) is 0 Å². The third kappa shape index (κ3) is 4.27. The first-order valence-corrected chi connectivity index (χ1v) is 6.48.